The third kappa shape index (κ3) is 5.19. The second-order valence-corrected chi connectivity index (χ2v) is 5.61. The second-order valence-electron chi connectivity index (χ2n) is 5.61. The van der Waals surface area contributed by atoms with Gasteiger partial charge in [0, 0.05) is 24.7 Å². The molecular formula is C16H24N2O3. The first-order valence-electron chi connectivity index (χ1n) is 7.14. The van der Waals surface area contributed by atoms with Gasteiger partial charge in [-0.2, -0.15) is 0 Å². The van der Waals surface area contributed by atoms with Crippen LogP contribution in [0.1, 0.15) is 44.5 Å². The summed E-state index contributed by atoms with van der Waals surface area (Å²) in [4.78, 5) is 22.9. The van der Waals surface area contributed by atoms with E-state index in [-0.39, 0.29) is 24.3 Å². The zero-order valence-corrected chi connectivity index (χ0v) is 13.1. The van der Waals surface area contributed by atoms with E-state index in [0.29, 0.717) is 11.3 Å². The average Bonchev–Trinajstić information content (AvgIpc) is 2.44. The maximum Gasteiger partial charge on any atom is 0.251 e. The lowest BCUT2D eigenvalue weighted by Crippen LogP contribution is -2.45. The van der Waals surface area contributed by atoms with Gasteiger partial charge in [0.1, 0.15) is 0 Å². The molecule has 0 aliphatic heterocycles. The average molecular weight is 292 g/mol. The SMILES string of the molecule is CCC(C)C(C)(O)CNC(=O)c1ccc(NC(C)=O)cc1. The molecule has 2 atom stereocenters. The van der Waals surface area contributed by atoms with Crippen molar-refractivity contribution in [1.82, 2.24) is 5.32 Å². The van der Waals surface area contributed by atoms with Crippen LogP contribution in [0.5, 0.6) is 0 Å². The van der Waals surface area contributed by atoms with Gasteiger partial charge in [0.2, 0.25) is 5.91 Å². The highest BCUT2D eigenvalue weighted by Crippen LogP contribution is 2.19. The van der Waals surface area contributed by atoms with E-state index in [2.05, 4.69) is 10.6 Å². The molecule has 0 aliphatic rings. The van der Waals surface area contributed by atoms with Crippen molar-refractivity contribution in [1.29, 1.82) is 0 Å². The fraction of sp³-hybridized carbons (Fsp3) is 0.500. The van der Waals surface area contributed by atoms with E-state index in [0.717, 1.165) is 6.42 Å². The predicted molar refractivity (Wildman–Crippen MR) is 83.2 cm³/mol. The van der Waals surface area contributed by atoms with Crippen molar-refractivity contribution in [2.45, 2.75) is 39.7 Å². The molecule has 1 rings (SSSR count). The second kappa shape index (κ2) is 7.22. The molecule has 3 N–H and O–H groups in total. The van der Waals surface area contributed by atoms with Gasteiger partial charge in [0.05, 0.1) is 5.60 Å². The molecular weight excluding hydrogens is 268 g/mol. The van der Waals surface area contributed by atoms with Crippen molar-refractivity contribution in [2.24, 2.45) is 5.92 Å². The van der Waals surface area contributed by atoms with Gasteiger partial charge in [-0.25, -0.2) is 0 Å². The molecule has 0 spiro atoms. The molecule has 5 nitrogen and oxygen atoms in total. The lowest BCUT2D eigenvalue weighted by Gasteiger charge is -2.29. The predicted octanol–water partition coefficient (Wildman–Crippen LogP) is 2.17. The largest absolute Gasteiger partial charge is 0.388 e. The van der Waals surface area contributed by atoms with Crippen molar-refractivity contribution in [3.8, 4) is 0 Å². The van der Waals surface area contributed by atoms with Crippen LogP contribution in [0.2, 0.25) is 0 Å². The fourth-order valence-electron chi connectivity index (χ4n) is 1.88. The fourth-order valence-corrected chi connectivity index (χ4v) is 1.88. The van der Waals surface area contributed by atoms with Crippen LogP contribution in [0.4, 0.5) is 5.69 Å². The third-order valence-corrected chi connectivity index (χ3v) is 3.75. The van der Waals surface area contributed by atoms with Crippen LogP contribution in [0.3, 0.4) is 0 Å². The Kier molecular flexibility index (Phi) is 5.90. The molecule has 0 radical (unpaired) electrons. The number of aliphatic hydroxyl groups is 1. The molecule has 116 valence electrons. The van der Waals surface area contributed by atoms with E-state index >= 15 is 0 Å². The summed E-state index contributed by atoms with van der Waals surface area (Å²) in [5.41, 5.74) is 0.204. The molecule has 1 aromatic carbocycles. The Balaban J connectivity index is 2.62. The van der Waals surface area contributed by atoms with E-state index < -0.39 is 5.60 Å². The summed E-state index contributed by atoms with van der Waals surface area (Å²) in [5.74, 6) is -0.301. The summed E-state index contributed by atoms with van der Waals surface area (Å²) < 4.78 is 0. The maximum absolute atomic E-state index is 12.0. The monoisotopic (exact) mass is 292 g/mol. The molecule has 0 saturated heterocycles. The first-order chi connectivity index (χ1) is 9.76. The van der Waals surface area contributed by atoms with Crippen molar-refractivity contribution in [3.05, 3.63) is 29.8 Å². The molecule has 0 bridgehead atoms. The van der Waals surface area contributed by atoms with E-state index in [1.165, 1.54) is 6.92 Å². The number of benzene rings is 1. The molecule has 21 heavy (non-hydrogen) atoms. The van der Waals surface area contributed by atoms with Crippen LogP contribution in [-0.4, -0.2) is 29.1 Å². The summed E-state index contributed by atoms with van der Waals surface area (Å²) in [5, 5.41) is 15.6. The lowest BCUT2D eigenvalue weighted by molar-refractivity contribution is -0.114. The molecule has 2 unspecified atom stereocenters. The first-order valence-corrected chi connectivity index (χ1v) is 7.14. The minimum absolute atomic E-state index is 0.0972. The highest BCUT2D eigenvalue weighted by Gasteiger charge is 2.27. The van der Waals surface area contributed by atoms with E-state index in [1.54, 1.807) is 31.2 Å². The summed E-state index contributed by atoms with van der Waals surface area (Å²) >= 11 is 0. The van der Waals surface area contributed by atoms with Gasteiger partial charge in [-0.3, -0.25) is 9.59 Å². The first kappa shape index (κ1) is 17.2. The van der Waals surface area contributed by atoms with Gasteiger partial charge in [-0.05, 0) is 37.1 Å². The van der Waals surface area contributed by atoms with Crippen molar-refractivity contribution >= 4 is 17.5 Å². The van der Waals surface area contributed by atoms with E-state index in [1.807, 2.05) is 13.8 Å². The summed E-state index contributed by atoms with van der Waals surface area (Å²) in [6.45, 7) is 7.31. The van der Waals surface area contributed by atoms with Gasteiger partial charge in [0.25, 0.3) is 5.91 Å². The van der Waals surface area contributed by atoms with Gasteiger partial charge in [-0.15, -0.1) is 0 Å². The van der Waals surface area contributed by atoms with Crippen molar-refractivity contribution in [2.75, 3.05) is 11.9 Å². The number of rotatable bonds is 6. The Labute approximate surface area is 125 Å². The van der Waals surface area contributed by atoms with Gasteiger partial charge in [0.15, 0.2) is 0 Å². The van der Waals surface area contributed by atoms with Crippen molar-refractivity contribution in [3.63, 3.8) is 0 Å². The number of carbonyl (C=O) groups is 2. The Bertz CT molecular complexity index is 495. The number of nitrogens with one attached hydrogen (secondary N) is 2. The Morgan fingerprint density at radius 3 is 2.33 bits per heavy atom. The standard InChI is InChI=1S/C16H24N2O3/c1-5-11(2)16(4,21)10-17-15(20)13-6-8-14(9-7-13)18-12(3)19/h6-9,11,21H,5,10H2,1-4H3,(H,17,20)(H,18,19). The summed E-state index contributed by atoms with van der Waals surface area (Å²) in [6.07, 6.45) is 0.842. The summed E-state index contributed by atoms with van der Waals surface area (Å²) in [7, 11) is 0. The molecule has 1 aromatic rings. The zero-order chi connectivity index (χ0) is 16.0. The normalized spacial score (nSPS) is 14.9. The van der Waals surface area contributed by atoms with Crippen LogP contribution >= 0.6 is 0 Å². The molecule has 0 aliphatic carbocycles. The van der Waals surface area contributed by atoms with Gasteiger partial charge < -0.3 is 15.7 Å². The molecule has 2 amide bonds. The molecule has 0 aromatic heterocycles. The van der Waals surface area contributed by atoms with Crippen LogP contribution in [0, 0.1) is 5.92 Å². The Morgan fingerprint density at radius 1 is 1.29 bits per heavy atom. The van der Waals surface area contributed by atoms with E-state index in [4.69, 9.17) is 0 Å². The number of anilines is 1. The summed E-state index contributed by atoms with van der Waals surface area (Å²) in [6, 6.07) is 6.61. The van der Waals surface area contributed by atoms with Crippen LogP contribution in [0.15, 0.2) is 24.3 Å². The van der Waals surface area contributed by atoms with Crippen LogP contribution < -0.4 is 10.6 Å². The molecule has 0 saturated carbocycles. The smallest absolute Gasteiger partial charge is 0.251 e. The number of carbonyl (C=O) groups excluding carboxylic acids is 2. The zero-order valence-electron chi connectivity index (χ0n) is 13.1. The van der Waals surface area contributed by atoms with E-state index in [9.17, 15) is 14.7 Å². The highest BCUT2D eigenvalue weighted by molar-refractivity contribution is 5.95. The maximum atomic E-state index is 12.0. The highest BCUT2D eigenvalue weighted by atomic mass is 16.3. The van der Waals surface area contributed by atoms with Crippen LogP contribution in [0.25, 0.3) is 0 Å². The Morgan fingerprint density at radius 2 is 1.86 bits per heavy atom. The minimum atomic E-state index is -0.930. The number of hydrogen-bond donors (Lipinski definition) is 3. The molecule has 0 fully saturated rings. The topological polar surface area (TPSA) is 78.4 Å². The Hall–Kier alpha value is -1.88. The van der Waals surface area contributed by atoms with Crippen LogP contribution in [-0.2, 0) is 4.79 Å². The van der Waals surface area contributed by atoms with Gasteiger partial charge in [-0.1, -0.05) is 20.3 Å². The number of amides is 2. The quantitative estimate of drug-likeness (QED) is 0.752. The van der Waals surface area contributed by atoms with Crippen molar-refractivity contribution < 1.29 is 14.7 Å². The lowest BCUT2D eigenvalue weighted by atomic mass is 9.88. The minimum Gasteiger partial charge on any atom is -0.388 e. The molecule has 0 heterocycles. The number of hydrogen-bond acceptors (Lipinski definition) is 3. The van der Waals surface area contributed by atoms with Gasteiger partial charge >= 0.3 is 0 Å². The third-order valence-electron chi connectivity index (χ3n) is 3.75. The molecule has 5 heteroatoms.